The van der Waals surface area contributed by atoms with Gasteiger partial charge in [-0.3, -0.25) is 10.1 Å². The number of rotatable bonds is 2. The fourth-order valence-corrected chi connectivity index (χ4v) is 3.06. The molecule has 25 heavy (non-hydrogen) atoms. The molecule has 0 saturated heterocycles. The standard InChI is InChI=1S/C18H17IN2O3S/c1-10-7-13(8-11(2)16(10)19)20-18(25)21-17(22)12-3-4-14-15(9-12)24-6-5-23-14/h3-4,7-9H,5-6H2,1-2H3,(H2,20,21,22,25). The van der Waals surface area contributed by atoms with Gasteiger partial charge in [-0.1, -0.05) is 0 Å². The van der Waals surface area contributed by atoms with E-state index in [1.807, 2.05) is 26.0 Å². The van der Waals surface area contributed by atoms with Crippen molar-refractivity contribution in [1.29, 1.82) is 0 Å². The van der Waals surface area contributed by atoms with Gasteiger partial charge < -0.3 is 14.8 Å². The highest BCUT2D eigenvalue weighted by molar-refractivity contribution is 14.1. The third-order valence-electron chi connectivity index (χ3n) is 3.73. The van der Waals surface area contributed by atoms with Gasteiger partial charge in [-0.15, -0.1) is 0 Å². The first-order chi connectivity index (χ1) is 11.9. The number of fused-ring (bicyclic) bond motifs is 1. The number of nitrogens with one attached hydrogen (secondary N) is 2. The van der Waals surface area contributed by atoms with Crippen LogP contribution in [0.25, 0.3) is 0 Å². The Bertz CT molecular complexity index is 831. The molecule has 2 N–H and O–H groups in total. The van der Waals surface area contributed by atoms with E-state index >= 15 is 0 Å². The first-order valence-electron chi connectivity index (χ1n) is 7.73. The molecule has 130 valence electrons. The number of carbonyl (C=O) groups excluding carboxylic acids is 1. The molecule has 2 aromatic rings. The number of aryl methyl sites for hydroxylation is 2. The van der Waals surface area contributed by atoms with Crippen LogP contribution in [0.1, 0.15) is 21.5 Å². The molecular formula is C18H17IN2O3S. The van der Waals surface area contributed by atoms with E-state index in [1.165, 1.54) is 3.57 Å². The Morgan fingerprint density at radius 2 is 1.72 bits per heavy atom. The summed E-state index contributed by atoms with van der Waals surface area (Å²) in [7, 11) is 0. The van der Waals surface area contributed by atoms with Crippen LogP contribution in [0.4, 0.5) is 5.69 Å². The van der Waals surface area contributed by atoms with Crippen LogP contribution in [0.3, 0.4) is 0 Å². The number of anilines is 1. The van der Waals surface area contributed by atoms with Crippen LogP contribution >= 0.6 is 34.8 Å². The molecule has 0 unspecified atom stereocenters. The highest BCUT2D eigenvalue weighted by Gasteiger charge is 2.15. The lowest BCUT2D eigenvalue weighted by molar-refractivity contribution is 0.0976. The van der Waals surface area contributed by atoms with Crippen molar-refractivity contribution < 1.29 is 14.3 Å². The molecule has 1 amide bonds. The molecule has 0 saturated carbocycles. The molecule has 1 aliphatic rings. The Hall–Kier alpha value is -1.87. The van der Waals surface area contributed by atoms with Crippen molar-refractivity contribution in [1.82, 2.24) is 5.32 Å². The minimum atomic E-state index is -0.298. The number of amides is 1. The molecule has 0 radical (unpaired) electrons. The first-order valence-corrected chi connectivity index (χ1v) is 9.21. The summed E-state index contributed by atoms with van der Waals surface area (Å²) in [5, 5.41) is 5.99. The van der Waals surface area contributed by atoms with Crippen molar-refractivity contribution in [3.63, 3.8) is 0 Å². The summed E-state index contributed by atoms with van der Waals surface area (Å²) >= 11 is 7.56. The third-order valence-corrected chi connectivity index (χ3v) is 5.63. The monoisotopic (exact) mass is 468 g/mol. The lowest BCUT2D eigenvalue weighted by atomic mass is 10.1. The summed E-state index contributed by atoms with van der Waals surface area (Å²) in [5.41, 5.74) is 3.62. The Morgan fingerprint density at radius 3 is 2.40 bits per heavy atom. The van der Waals surface area contributed by atoms with Crippen molar-refractivity contribution in [3.8, 4) is 11.5 Å². The molecule has 2 aromatic carbocycles. The summed E-state index contributed by atoms with van der Waals surface area (Å²) in [5.74, 6) is 0.920. The number of ether oxygens (including phenoxy) is 2. The zero-order chi connectivity index (χ0) is 18.0. The van der Waals surface area contributed by atoms with E-state index in [1.54, 1.807) is 18.2 Å². The number of hydrogen-bond donors (Lipinski definition) is 2. The zero-order valence-corrected chi connectivity index (χ0v) is 16.8. The lowest BCUT2D eigenvalue weighted by Gasteiger charge is -2.18. The molecule has 1 heterocycles. The smallest absolute Gasteiger partial charge is 0.257 e. The maximum Gasteiger partial charge on any atom is 0.257 e. The van der Waals surface area contributed by atoms with Crippen LogP contribution < -0.4 is 20.1 Å². The van der Waals surface area contributed by atoms with E-state index in [2.05, 4.69) is 33.2 Å². The Morgan fingerprint density at radius 1 is 1.08 bits per heavy atom. The Kier molecular flexibility index (Phi) is 5.43. The highest BCUT2D eigenvalue weighted by atomic mass is 127. The molecule has 0 spiro atoms. The predicted octanol–water partition coefficient (Wildman–Crippen LogP) is 3.81. The maximum absolute atomic E-state index is 12.4. The van der Waals surface area contributed by atoms with E-state index in [9.17, 15) is 4.79 Å². The predicted molar refractivity (Wildman–Crippen MR) is 110 cm³/mol. The van der Waals surface area contributed by atoms with Gasteiger partial charge in [-0.2, -0.15) is 0 Å². The maximum atomic E-state index is 12.4. The quantitative estimate of drug-likeness (QED) is 0.519. The molecule has 5 nitrogen and oxygen atoms in total. The second-order valence-electron chi connectivity index (χ2n) is 5.69. The van der Waals surface area contributed by atoms with Gasteiger partial charge in [0.1, 0.15) is 13.2 Å². The van der Waals surface area contributed by atoms with Crippen LogP contribution in [0.15, 0.2) is 30.3 Å². The van der Waals surface area contributed by atoms with E-state index in [4.69, 9.17) is 21.7 Å². The first kappa shape index (κ1) is 17.9. The van der Waals surface area contributed by atoms with Gasteiger partial charge in [-0.25, -0.2) is 0 Å². The van der Waals surface area contributed by atoms with Crippen LogP contribution in [-0.2, 0) is 0 Å². The minimum Gasteiger partial charge on any atom is -0.486 e. The van der Waals surface area contributed by atoms with Crippen LogP contribution in [-0.4, -0.2) is 24.2 Å². The van der Waals surface area contributed by atoms with Crippen LogP contribution in [0, 0.1) is 17.4 Å². The summed E-state index contributed by atoms with van der Waals surface area (Å²) in [4.78, 5) is 12.4. The SMILES string of the molecule is Cc1cc(NC(=S)NC(=O)c2ccc3c(c2)OCCO3)cc(C)c1I. The number of hydrogen-bond acceptors (Lipinski definition) is 4. The van der Waals surface area contributed by atoms with Crippen molar-refractivity contribution in [2.75, 3.05) is 18.5 Å². The van der Waals surface area contributed by atoms with Gasteiger partial charge in [-0.05, 0) is 90.1 Å². The molecule has 0 aromatic heterocycles. The summed E-state index contributed by atoms with van der Waals surface area (Å²) < 4.78 is 12.2. The molecule has 0 fully saturated rings. The molecule has 7 heteroatoms. The Balaban J connectivity index is 1.67. The van der Waals surface area contributed by atoms with E-state index < -0.39 is 0 Å². The second kappa shape index (κ2) is 7.57. The summed E-state index contributed by atoms with van der Waals surface area (Å²) in [6, 6.07) is 9.07. The van der Waals surface area contributed by atoms with E-state index in [0.29, 0.717) is 30.3 Å². The van der Waals surface area contributed by atoms with E-state index in [-0.39, 0.29) is 11.0 Å². The number of benzene rings is 2. The average Bonchev–Trinajstić information content (AvgIpc) is 2.59. The average molecular weight is 468 g/mol. The normalized spacial score (nSPS) is 12.4. The molecule has 0 bridgehead atoms. The molecule has 0 aliphatic carbocycles. The van der Waals surface area contributed by atoms with Gasteiger partial charge in [0.25, 0.3) is 5.91 Å². The van der Waals surface area contributed by atoms with E-state index in [0.717, 1.165) is 16.8 Å². The number of thiocarbonyl (C=S) groups is 1. The molecule has 1 aliphatic heterocycles. The molecule has 0 atom stereocenters. The largest absolute Gasteiger partial charge is 0.486 e. The fourth-order valence-electron chi connectivity index (χ4n) is 2.54. The van der Waals surface area contributed by atoms with Gasteiger partial charge in [0.05, 0.1) is 0 Å². The van der Waals surface area contributed by atoms with Gasteiger partial charge in [0.2, 0.25) is 0 Å². The third kappa shape index (κ3) is 4.21. The minimum absolute atomic E-state index is 0.250. The molecular weight excluding hydrogens is 451 g/mol. The van der Waals surface area contributed by atoms with Crippen molar-refractivity contribution in [2.45, 2.75) is 13.8 Å². The van der Waals surface area contributed by atoms with Crippen molar-refractivity contribution in [3.05, 3.63) is 50.6 Å². The van der Waals surface area contributed by atoms with Crippen LogP contribution in [0.5, 0.6) is 11.5 Å². The zero-order valence-electron chi connectivity index (χ0n) is 13.8. The molecule has 3 rings (SSSR count). The summed E-state index contributed by atoms with van der Waals surface area (Å²) in [6.07, 6.45) is 0. The van der Waals surface area contributed by atoms with Crippen LogP contribution in [0.2, 0.25) is 0 Å². The van der Waals surface area contributed by atoms with Gasteiger partial charge in [0.15, 0.2) is 16.6 Å². The fraction of sp³-hybridized carbons (Fsp3) is 0.222. The second-order valence-corrected chi connectivity index (χ2v) is 7.18. The highest BCUT2D eigenvalue weighted by Crippen LogP contribution is 2.30. The van der Waals surface area contributed by atoms with Crippen molar-refractivity contribution >= 4 is 51.5 Å². The number of halogens is 1. The number of carbonyl (C=O) groups is 1. The topological polar surface area (TPSA) is 59.6 Å². The lowest BCUT2D eigenvalue weighted by Crippen LogP contribution is -2.34. The van der Waals surface area contributed by atoms with Gasteiger partial charge >= 0.3 is 0 Å². The van der Waals surface area contributed by atoms with Gasteiger partial charge in [0, 0.05) is 14.8 Å². The van der Waals surface area contributed by atoms with Crippen molar-refractivity contribution in [2.24, 2.45) is 0 Å². The Labute approximate surface area is 165 Å². The summed E-state index contributed by atoms with van der Waals surface area (Å²) in [6.45, 7) is 5.07.